The molecule has 6 nitrogen and oxygen atoms in total. The number of dihydropyridines is 1. The Labute approximate surface area is 185 Å². The van der Waals surface area contributed by atoms with Gasteiger partial charge in [0.25, 0.3) is 0 Å². The summed E-state index contributed by atoms with van der Waals surface area (Å²) in [5.41, 5.74) is 9.05. The number of benzene rings is 1. The highest BCUT2D eigenvalue weighted by molar-refractivity contribution is 7.17. The maximum absolute atomic E-state index is 13.3. The van der Waals surface area contributed by atoms with Crippen LogP contribution in [0.3, 0.4) is 0 Å². The molecule has 1 unspecified atom stereocenters. The van der Waals surface area contributed by atoms with E-state index >= 15 is 0 Å². The number of rotatable bonds is 4. The molecule has 0 amide bonds. The van der Waals surface area contributed by atoms with Gasteiger partial charge in [-0.2, -0.15) is 5.26 Å². The molecule has 2 aromatic rings. The number of nitriles is 1. The average Bonchev–Trinajstić information content (AvgIpc) is 3.17. The van der Waals surface area contributed by atoms with Crippen LogP contribution in [-0.2, 0) is 14.3 Å². The maximum atomic E-state index is 13.3. The minimum Gasteiger partial charge on any atom is -0.459 e. The Bertz CT molecular complexity index is 1160. The van der Waals surface area contributed by atoms with Gasteiger partial charge < -0.3 is 15.8 Å². The number of esters is 1. The van der Waals surface area contributed by atoms with E-state index in [1.165, 1.54) is 18.3 Å². The molecule has 0 radical (unpaired) electrons. The third-order valence-corrected chi connectivity index (χ3v) is 7.13. The molecule has 0 bridgehead atoms. The number of ketones is 1. The number of hydrogen-bond acceptors (Lipinski definition) is 7. The molecule has 0 spiro atoms. The standard InChI is InChI=1S/C24H25N3O3S/c1-13-19(14(2)28)20(18-12-31-22-15(11-25)7-6-10-17(18)22)21(23(26)27-13)24(29)30-16-8-4-3-5-9-16/h6-7,10,12,16,20,27H,3-5,8-9,26H2,1-2H3. The Morgan fingerprint density at radius 3 is 2.65 bits per heavy atom. The van der Waals surface area contributed by atoms with Crippen LogP contribution in [0.1, 0.15) is 63.0 Å². The molecule has 1 aliphatic carbocycles. The first-order valence-corrected chi connectivity index (χ1v) is 11.4. The van der Waals surface area contributed by atoms with E-state index in [4.69, 9.17) is 10.5 Å². The molecule has 160 valence electrons. The van der Waals surface area contributed by atoms with Crippen LogP contribution < -0.4 is 11.1 Å². The number of thiophene rings is 1. The fourth-order valence-electron chi connectivity index (χ4n) is 4.65. The number of ether oxygens (including phenoxy) is 1. The minimum atomic E-state index is -0.641. The fraction of sp³-hybridized carbons (Fsp3) is 0.375. The van der Waals surface area contributed by atoms with Gasteiger partial charge in [0, 0.05) is 11.3 Å². The lowest BCUT2D eigenvalue weighted by atomic mass is 9.79. The zero-order valence-corrected chi connectivity index (χ0v) is 18.5. The van der Waals surface area contributed by atoms with Crippen molar-refractivity contribution in [3.8, 4) is 6.07 Å². The van der Waals surface area contributed by atoms with E-state index in [9.17, 15) is 14.9 Å². The second kappa shape index (κ2) is 8.56. The van der Waals surface area contributed by atoms with Gasteiger partial charge in [-0.15, -0.1) is 11.3 Å². The highest BCUT2D eigenvalue weighted by Crippen LogP contribution is 2.44. The van der Waals surface area contributed by atoms with Crippen LogP contribution in [0.25, 0.3) is 10.1 Å². The first kappa shape index (κ1) is 21.1. The van der Waals surface area contributed by atoms with E-state index in [0.717, 1.165) is 47.8 Å². The molecule has 4 rings (SSSR count). The summed E-state index contributed by atoms with van der Waals surface area (Å²) >= 11 is 1.43. The van der Waals surface area contributed by atoms with Crippen molar-refractivity contribution in [3.05, 3.63) is 57.4 Å². The van der Waals surface area contributed by atoms with Gasteiger partial charge in [0.15, 0.2) is 5.78 Å². The molecule has 2 heterocycles. The molecule has 1 aliphatic heterocycles. The fourth-order valence-corrected chi connectivity index (χ4v) is 5.71. The SMILES string of the molecule is CC(=O)C1=C(C)NC(N)=C(C(=O)OC2CCCCC2)C1c1csc2c(C#N)cccc12. The van der Waals surface area contributed by atoms with Crippen LogP contribution in [0, 0.1) is 11.3 Å². The predicted molar refractivity (Wildman–Crippen MR) is 120 cm³/mol. The highest BCUT2D eigenvalue weighted by atomic mass is 32.1. The van der Waals surface area contributed by atoms with Crippen molar-refractivity contribution in [1.29, 1.82) is 5.26 Å². The summed E-state index contributed by atoms with van der Waals surface area (Å²) in [5.74, 6) is -1.05. The molecule has 1 atom stereocenters. The molecule has 7 heteroatoms. The van der Waals surface area contributed by atoms with E-state index in [1.807, 2.05) is 17.5 Å². The highest BCUT2D eigenvalue weighted by Gasteiger charge is 2.38. The predicted octanol–water partition coefficient (Wildman–Crippen LogP) is 4.37. The Morgan fingerprint density at radius 2 is 1.97 bits per heavy atom. The minimum absolute atomic E-state index is 0.126. The smallest absolute Gasteiger partial charge is 0.338 e. The van der Waals surface area contributed by atoms with E-state index in [-0.39, 0.29) is 23.3 Å². The number of carbonyl (C=O) groups excluding carboxylic acids is 2. The number of nitrogens with one attached hydrogen (secondary N) is 1. The van der Waals surface area contributed by atoms with E-state index in [1.54, 1.807) is 13.0 Å². The number of fused-ring (bicyclic) bond motifs is 1. The van der Waals surface area contributed by atoms with E-state index in [2.05, 4.69) is 11.4 Å². The van der Waals surface area contributed by atoms with Crippen molar-refractivity contribution in [3.63, 3.8) is 0 Å². The Morgan fingerprint density at radius 1 is 1.23 bits per heavy atom. The summed E-state index contributed by atoms with van der Waals surface area (Å²) in [6, 6.07) is 7.71. The van der Waals surface area contributed by atoms with Crippen LogP contribution in [-0.4, -0.2) is 17.9 Å². The average molecular weight is 436 g/mol. The van der Waals surface area contributed by atoms with Crippen molar-refractivity contribution in [2.75, 3.05) is 0 Å². The first-order valence-electron chi connectivity index (χ1n) is 10.5. The van der Waals surface area contributed by atoms with Crippen molar-refractivity contribution in [2.24, 2.45) is 5.73 Å². The summed E-state index contributed by atoms with van der Waals surface area (Å²) in [4.78, 5) is 26.0. The summed E-state index contributed by atoms with van der Waals surface area (Å²) < 4.78 is 6.68. The Hall–Kier alpha value is -3.11. The molecule has 1 saturated carbocycles. The topological polar surface area (TPSA) is 105 Å². The van der Waals surface area contributed by atoms with Gasteiger partial charge >= 0.3 is 5.97 Å². The van der Waals surface area contributed by atoms with Gasteiger partial charge in [0.2, 0.25) is 0 Å². The summed E-state index contributed by atoms with van der Waals surface area (Å²) in [7, 11) is 0. The largest absolute Gasteiger partial charge is 0.459 e. The van der Waals surface area contributed by atoms with Crippen LogP contribution in [0.2, 0.25) is 0 Å². The van der Waals surface area contributed by atoms with Crippen LogP contribution in [0.4, 0.5) is 0 Å². The van der Waals surface area contributed by atoms with E-state index in [0.29, 0.717) is 16.8 Å². The summed E-state index contributed by atoms with van der Waals surface area (Å²) in [6.07, 6.45) is 4.80. The van der Waals surface area contributed by atoms with E-state index < -0.39 is 11.9 Å². The zero-order valence-electron chi connectivity index (χ0n) is 17.7. The van der Waals surface area contributed by atoms with Crippen molar-refractivity contribution in [1.82, 2.24) is 5.32 Å². The lowest BCUT2D eigenvalue weighted by Gasteiger charge is -2.31. The lowest BCUT2D eigenvalue weighted by Crippen LogP contribution is -2.36. The molecule has 2 aliphatic rings. The van der Waals surface area contributed by atoms with Gasteiger partial charge in [-0.3, -0.25) is 4.79 Å². The molecule has 3 N–H and O–H groups in total. The lowest BCUT2D eigenvalue weighted by molar-refractivity contribution is -0.146. The van der Waals surface area contributed by atoms with Crippen molar-refractivity contribution in [2.45, 2.75) is 58.0 Å². The Kier molecular flexibility index (Phi) is 5.84. The molecule has 1 aromatic heterocycles. The molecular formula is C24H25N3O3S. The number of hydrogen-bond donors (Lipinski definition) is 2. The van der Waals surface area contributed by atoms with Gasteiger partial charge in [0.1, 0.15) is 18.0 Å². The normalized spacial score (nSPS) is 19.8. The summed E-state index contributed by atoms with van der Waals surface area (Å²) in [5, 5.41) is 15.3. The number of nitrogens with zero attached hydrogens (tertiary/aromatic N) is 1. The molecular weight excluding hydrogens is 410 g/mol. The van der Waals surface area contributed by atoms with Crippen molar-refractivity contribution < 1.29 is 14.3 Å². The van der Waals surface area contributed by atoms with Gasteiger partial charge in [0.05, 0.1) is 21.8 Å². The van der Waals surface area contributed by atoms with Gasteiger partial charge in [-0.1, -0.05) is 18.6 Å². The van der Waals surface area contributed by atoms with Crippen molar-refractivity contribution >= 4 is 33.2 Å². The third kappa shape index (κ3) is 3.84. The van der Waals surface area contributed by atoms with Crippen LogP contribution in [0.5, 0.6) is 0 Å². The number of nitrogens with two attached hydrogens (primary N) is 1. The third-order valence-electron chi connectivity index (χ3n) is 6.08. The number of carbonyl (C=O) groups is 2. The quantitative estimate of drug-likeness (QED) is 0.691. The molecule has 1 fully saturated rings. The van der Waals surface area contributed by atoms with Crippen LogP contribution >= 0.6 is 11.3 Å². The first-order chi connectivity index (χ1) is 14.9. The number of allylic oxidation sites excluding steroid dienone is 2. The monoisotopic (exact) mass is 435 g/mol. The molecule has 31 heavy (non-hydrogen) atoms. The zero-order chi connectivity index (χ0) is 22.1. The molecule has 1 aromatic carbocycles. The van der Waals surface area contributed by atoms with Crippen LogP contribution in [0.15, 0.2) is 46.2 Å². The van der Waals surface area contributed by atoms with Gasteiger partial charge in [-0.05, 0) is 61.9 Å². The second-order valence-corrected chi connectivity index (χ2v) is 9.01. The number of Topliss-reactive ketones (excluding diaryl/α,β-unsaturated/α-hetero) is 1. The maximum Gasteiger partial charge on any atom is 0.338 e. The van der Waals surface area contributed by atoms with Gasteiger partial charge in [-0.25, -0.2) is 4.79 Å². The molecule has 0 saturated heterocycles. The summed E-state index contributed by atoms with van der Waals surface area (Å²) in [6.45, 7) is 3.28. The Balaban J connectivity index is 1.84. The second-order valence-electron chi connectivity index (χ2n) is 8.13.